The van der Waals surface area contributed by atoms with E-state index in [4.69, 9.17) is 0 Å². The Bertz CT molecular complexity index is 944. The van der Waals surface area contributed by atoms with Gasteiger partial charge >= 0.3 is 0 Å². The van der Waals surface area contributed by atoms with Crippen molar-refractivity contribution in [3.8, 4) is 0 Å². The molecule has 0 aliphatic carbocycles. The molecule has 1 aromatic rings. The van der Waals surface area contributed by atoms with Crippen LogP contribution in [0, 0.1) is 5.82 Å². The fourth-order valence-corrected chi connectivity index (χ4v) is 4.68. The number of nitrogens with zero attached hydrogens (tertiary/aromatic N) is 2. The van der Waals surface area contributed by atoms with Crippen molar-refractivity contribution in [3.05, 3.63) is 34.6 Å². The third-order valence-electron chi connectivity index (χ3n) is 6.44. The van der Waals surface area contributed by atoms with Gasteiger partial charge in [0.2, 0.25) is 11.8 Å². The van der Waals surface area contributed by atoms with Gasteiger partial charge in [0, 0.05) is 12.0 Å². The summed E-state index contributed by atoms with van der Waals surface area (Å²) in [6.07, 6.45) is 1.67. The molecule has 7 nitrogen and oxygen atoms in total. The van der Waals surface area contributed by atoms with E-state index in [9.17, 15) is 23.6 Å². The van der Waals surface area contributed by atoms with Crippen LogP contribution in [0.1, 0.15) is 78.7 Å². The second-order valence-corrected chi connectivity index (χ2v) is 9.30. The van der Waals surface area contributed by atoms with Crippen molar-refractivity contribution in [2.24, 2.45) is 0 Å². The quantitative estimate of drug-likeness (QED) is 0.749. The lowest BCUT2D eigenvalue weighted by molar-refractivity contribution is -0.136. The average Bonchev–Trinajstić information content (AvgIpc) is 2.91. The normalized spacial score (nSPS) is 23.7. The van der Waals surface area contributed by atoms with Gasteiger partial charge in [-0.05, 0) is 76.7 Å². The molecule has 0 spiro atoms. The molecule has 3 aliphatic heterocycles. The minimum atomic E-state index is -1.04. The molecule has 4 rings (SSSR count). The van der Waals surface area contributed by atoms with Crippen molar-refractivity contribution in [1.29, 1.82) is 0 Å². The Morgan fingerprint density at radius 2 is 1.57 bits per heavy atom. The van der Waals surface area contributed by atoms with E-state index in [-0.39, 0.29) is 35.4 Å². The first-order chi connectivity index (χ1) is 14.1. The van der Waals surface area contributed by atoms with Crippen molar-refractivity contribution in [1.82, 2.24) is 15.1 Å². The third-order valence-corrected chi connectivity index (χ3v) is 6.44. The number of carbonyl (C=O) groups excluding carboxylic acids is 4. The second kappa shape index (κ2) is 7.27. The van der Waals surface area contributed by atoms with E-state index in [1.807, 2.05) is 0 Å². The van der Waals surface area contributed by atoms with Crippen LogP contribution in [0.3, 0.4) is 0 Å². The highest BCUT2D eigenvalue weighted by molar-refractivity contribution is 6.23. The van der Waals surface area contributed by atoms with Gasteiger partial charge in [-0.2, -0.15) is 0 Å². The summed E-state index contributed by atoms with van der Waals surface area (Å²) in [5, 5.41) is 2.16. The van der Waals surface area contributed by atoms with Crippen LogP contribution in [-0.2, 0) is 9.59 Å². The number of imide groups is 2. The number of benzene rings is 1. The minimum Gasteiger partial charge on any atom is -0.298 e. The lowest BCUT2D eigenvalue weighted by atomic mass is 9.86. The predicted octanol–water partition coefficient (Wildman–Crippen LogP) is 2.20. The van der Waals surface area contributed by atoms with Crippen LogP contribution in [0.2, 0.25) is 0 Å². The molecule has 0 saturated carbocycles. The number of hydrogen-bond donors (Lipinski definition) is 1. The van der Waals surface area contributed by atoms with Crippen LogP contribution in [0.4, 0.5) is 4.39 Å². The fraction of sp³-hybridized carbons (Fsp3) is 0.545. The van der Waals surface area contributed by atoms with Gasteiger partial charge in [0.15, 0.2) is 0 Å². The highest BCUT2D eigenvalue weighted by atomic mass is 19.1. The third kappa shape index (κ3) is 3.43. The first kappa shape index (κ1) is 20.7. The highest BCUT2D eigenvalue weighted by Gasteiger charge is 2.45. The van der Waals surface area contributed by atoms with Gasteiger partial charge < -0.3 is 0 Å². The molecule has 0 aromatic heterocycles. The molecule has 1 atom stereocenters. The summed E-state index contributed by atoms with van der Waals surface area (Å²) in [5.74, 6) is -2.90. The molecular weight excluding hydrogens is 389 g/mol. The number of rotatable bonds is 2. The van der Waals surface area contributed by atoms with Crippen molar-refractivity contribution in [3.63, 3.8) is 0 Å². The van der Waals surface area contributed by atoms with E-state index in [0.717, 1.165) is 36.9 Å². The largest absolute Gasteiger partial charge is 0.298 e. The van der Waals surface area contributed by atoms with Crippen molar-refractivity contribution >= 4 is 23.6 Å². The summed E-state index contributed by atoms with van der Waals surface area (Å²) in [6.45, 7) is 8.12. The molecule has 3 aliphatic rings. The van der Waals surface area contributed by atoms with E-state index < -0.39 is 35.5 Å². The number of halogens is 1. The molecule has 8 heteroatoms. The number of nitrogens with one attached hydrogen (secondary N) is 1. The van der Waals surface area contributed by atoms with Gasteiger partial charge in [0.25, 0.3) is 11.8 Å². The number of carbonyl (C=O) groups is 4. The summed E-state index contributed by atoms with van der Waals surface area (Å²) in [4.78, 5) is 52.6. The molecule has 0 radical (unpaired) electrons. The molecule has 1 N–H and O–H groups in total. The summed E-state index contributed by atoms with van der Waals surface area (Å²) in [7, 11) is 0. The Kier molecular flexibility index (Phi) is 5.00. The van der Waals surface area contributed by atoms with E-state index in [1.54, 1.807) is 0 Å². The van der Waals surface area contributed by atoms with E-state index >= 15 is 0 Å². The maximum atomic E-state index is 14.9. The maximum Gasteiger partial charge on any atom is 0.262 e. The zero-order valence-electron chi connectivity index (χ0n) is 17.5. The SMILES string of the molecule is CC(C)(C)N1CCC(c2cc3c(cc2F)C(=O)N([C@@H]2CCC(=O)NC2=O)C3=O)CC1. The summed E-state index contributed by atoms with van der Waals surface area (Å²) in [6, 6.07) is 1.58. The molecule has 1 aromatic carbocycles. The second-order valence-electron chi connectivity index (χ2n) is 9.30. The summed E-state index contributed by atoms with van der Waals surface area (Å²) in [5.41, 5.74) is 0.623. The molecule has 2 saturated heterocycles. The van der Waals surface area contributed by atoms with Gasteiger partial charge in [0.1, 0.15) is 11.9 Å². The first-order valence-electron chi connectivity index (χ1n) is 10.4. The topological polar surface area (TPSA) is 86.8 Å². The predicted molar refractivity (Wildman–Crippen MR) is 106 cm³/mol. The zero-order valence-corrected chi connectivity index (χ0v) is 17.5. The Morgan fingerprint density at radius 3 is 2.13 bits per heavy atom. The van der Waals surface area contributed by atoms with Gasteiger partial charge in [-0.25, -0.2) is 4.39 Å². The van der Waals surface area contributed by atoms with Crippen molar-refractivity contribution in [2.45, 2.75) is 64.0 Å². The fourth-order valence-electron chi connectivity index (χ4n) is 4.68. The van der Waals surface area contributed by atoms with E-state index in [1.165, 1.54) is 6.07 Å². The van der Waals surface area contributed by atoms with E-state index in [2.05, 4.69) is 31.0 Å². The molecule has 4 amide bonds. The van der Waals surface area contributed by atoms with Gasteiger partial charge in [-0.1, -0.05) is 0 Å². The van der Waals surface area contributed by atoms with Crippen molar-refractivity contribution in [2.75, 3.05) is 13.1 Å². The van der Waals surface area contributed by atoms with Crippen LogP contribution >= 0.6 is 0 Å². The van der Waals surface area contributed by atoms with E-state index in [0.29, 0.717) is 5.56 Å². The Morgan fingerprint density at radius 1 is 0.967 bits per heavy atom. The van der Waals surface area contributed by atoms with Crippen LogP contribution in [0.25, 0.3) is 0 Å². The first-order valence-corrected chi connectivity index (χ1v) is 10.4. The number of likely N-dealkylation sites (tertiary alicyclic amines) is 1. The molecular formula is C22H26FN3O4. The Hall–Kier alpha value is -2.61. The summed E-state index contributed by atoms with van der Waals surface area (Å²) < 4.78 is 14.9. The Labute approximate surface area is 174 Å². The molecule has 0 bridgehead atoms. The number of piperidine rings is 2. The maximum absolute atomic E-state index is 14.9. The van der Waals surface area contributed by atoms with Gasteiger partial charge in [-0.3, -0.25) is 34.3 Å². The average molecular weight is 415 g/mol. The number of fused-ring (bicyclic) bond motifs is 1. The minimum absolute atomic E-state index is 0.0157. The van der Waals surface area contributed by atoms with Crippen molar-refractivity contribution < 1.29 is 23.6 Å². The molecule has 30 heavy (non-hydrogen) atoms. The standard InChI is InChI=1S/C22H26FN3O4/c1-22(2,3)25-8-6-12(7-9-25)13-10-14-15(11-16(13)23)21(30)26(20(14)29)17-4-5-18(27)24-19(17)28/h10-12,17H,4-9H2,1-3H3,(H,24,27,28)/t17-/m1/s1. The number of hydrogen-bond acceptors (Lipinski definition) is 5. The smallest absolute Gasteiger partial charge is 0.262 e. The van der Waals surface area contributed by atoms with Gasteiger partial charge in [-0.15, -0.1) is 0 Å². The molecule has 160 valence electrons. The molecule has 0 unspecified atom stereocenters. The highest BCUT2D eigenvalue weighted by Crippen LogP contribution is 2.36. The lowest BCUT2D eigenvalue weighted by Crippen LogP contribution is -2.54. The zero-order chi connectivity index (χ0) is 21.8. The summed E-state index contributed by atoms with van der Waals surface area (Å²) >= 11 is 0. The number of amides is 4. The Balaban J connectivity index is 1.59. The lowest BCUT2D eigenvalue weighted by Gasteiger charge is -2.41. The van der Waals surface area contributed by atoms with Crippen LogP contribution in [0.15, 0.2) is 12.1 Å². The molecule has 3 heterocycles. The van der Waals surface area contributed by atoms with Crippen LogP contribution in [-0.4, -0.2) is 58.1 Å². The van der Waals surface area contributed by atoms with Crippen LogP contribution in [0.5, 0.6) is 0 Å². The van der Waals surface area contributed by atoms with Gasteiger partial charge in [0.05, 0.1) is 11.1 Å². The monoisotopic (exact) mass is 415 g/mol. The van der Waals surface area contributed by atoms with Crippen LogP contribution < -0.4 is 5.32 Å². The molecule has 2 fully saturated rings.